The van der Waals surface area contributed by atoms with Crippen LogP contribution in [0.4, 0.5) is 5.69 Å². The van der Waals surface area contributed by atoms with E-state index in [1.54, 1.807) is 13.0 Å². The van der Waals surface area contributed by atoms with Crippen molar-refractivity contribution in [3.05, 3.63) is 33.9 Å². The van der Waals surface area contributed by atoms with Crippen molar-refractivity contribution in [1.82, 2.24) is 9.21 Å². The number of nitrogens with zero attached hydrogens (tertiary/aromatic N) is 3. The number of sulfonamides is 1. The molecular weight excluding hydrogens is 282 g/mol. The molecule has 1 aliphatic heterocycles. The van der Waals surface area contributed by atoms with Gasteiger partial charge in [-0.1, -0.05) is 12.1 Å². The summed E-state index contributed by atoms with van der Waals surface area (Å²) in [7, 11) is -1.91. The molecule has 0 unspecified atom stereocenters. The van der Waals surface area contributed by atoms with Gasteiger partial charge < -0.3 is 4.90 Å². The summed E-state index contributed by atoms with van der Waals surface area (Å²) in [6.45, 7) is 3.53. The van der Waals surface area contributed by atoms with E-state index >= 15 is 0 Å². The van der Waals surface area contributed by atoms with Crippen LogP contribution < -0.4 is 0 Å². The lowest BCUT2D eigenvalue weighted by molar-refractivity contribution is -0.387. The van der Waals surface area contributed by atoms with Crippen LogP contribution in [0.5, 0.6) is 0 Å². The lowest BCUT2D eigenvalue weighted by atomic mass is 10.2. The van der Waals surface area contributed by atoms with Crippen LogP contribution in [0.15, 0.2) is 23.1 Å². The summed E-state index contributed by atoms with van der Waals surface area (Å²) in [6, 6.07) is 4.31. The van der Waals surface area contributed by atoms with E-state index in [1.165, 1.54) is 16.4 Å². The molecule has 1 saturated heterocycles. The number of nitro groups is 1. The van der Waals surface area contributed by atoms with Gasteiger partial charge in [-0.3, -0.25) is 10.1 Å². The maximum absolute atomic E-state index is 12.6. The van der Waals surface area contributed by atoms with Crippen LogP contribution in [0, 0.1) is 17.0 Å². The van der Waals surface area contributed by atoms with E-state index in [2.05, 4.69) is 0 Å². The summed E-state index contributed by atoms with van der Waals surface area (Å²) in [5.41, 5.74) is 0.0436. The third-order valence-corrected chi connectivity index (χ3v) is 5.54. The van der Waals surface area contributed by atoms with E-state index in [0.29, 0.717) is 31.7 Å². The molecule has 1 fully saturated rings. The van der Waals surface area contributed by atoms with Gasteiger partial charge >= 0.3 is 0 Å². The van der Waals surface area contributed by atoms with Gasteiger partial charge in [-0.05, 0) is 19.5 Å². The van der Waals surface area contributed by atoms with E-state index in [4.69, 9.17) is 0 Å². The first kappa shape index (κ1) is 14.9. The lowest BCUT2D eigenvalue weighted by Crippen LogP contribution is -2.47. The van der Waals surface area contributed by atoms with Crippen molar-refractivity contribution in [2.24, 2.45) is 0 Å². The van der Waals surface area contributed by atoms with Gasteiger partial charge in [0.05, 0.1) is 4.92 Å². The van der Waals surface area contributed by atoms with Crippen molar-refractivity contribution in [2.45, 2.75) is 11.8 Å². The van der Waals surface area contributed by atoms with Gasteiger partial charge in [-0.2, -0.15) is 4.31 Å². The van der Waals surface area contributed by atoms with Crippen LogP contribution in [-0.4, -0.2) is 55.8 Å². The molecule has 1 aromatic carbocycles. The Bertz CT molecular complexity index is 622. The molecule has 0 spiro atoms. The monoisotopic (exact) mass is 299 g/mol. The number of rotatable bonds is 3. The van der Waals surface area contributed by atoms with E-state index < -0.39 is 14.9 Å². The zero-order chi connectivity index (χ0) is 14.9. The van der Waals surface area contributed by atoms with Crippen molar-refractivity contribution >= 4 is 15.7 Å². The average molecular weight is 299 g/mol. The number of hydrogen-bond acceptors (Lipinski definition) is 5. The lowest BCUT2D eigenvalue weighted by Gasteiger charge is -2.31. The highest BCUT2D eigenvalue weighted by molar-refractivity contribution is 7.89. The molecule has 1 aromatic rings. The van der Waals surface area contributed by atoms with Crippen molar-refractivity contribution in [3.8, 4) is 0 Å². The van der Waals surface area contributed by atoms with Crippen LogP contribution in [0.25, 0.3) is 0 Å². The van der Waals surface area contributed by atoms with E-state index in [0.717, 1.165) is 0 Å². The van der Waals surface area contributed by atoms with Gasteiger partial charge in [0.25, 0.3) is 5.69 Å². The minimum absolute atomic E-state index is 0.186. The van der Waals surface area contributed by atoms with Crippen molar-refractivity contribution < 1.29 is 13.3 Å². The first-order valence-electron chi connectivity index (χ1n) is 6.26. The summed E-state index contributed by atoms with van der Waals surface area (Å²) in [5.74, 6) is 0. The molecule has 0 N–H and O–H groups in total. The molecule has 7 nitrogen and oxygen atoms in total. The molecule has 0 radical (unpaired) electrons. The Kier molecular flexibility index (Phi) is 4.07. The van der Waals surface area contributed by atoms with Gasteiger partial charge in [-0.15, -0.1) is 0 Å². The SMILES string of the molecule is Cc1cccc([N+](=O)[O-])c1S(=O)(=O)N1CCN(C)CC1. The van der Waals surface area contributed by atoms with Crippen LogP contribution in [0.1, 0.15) is 5.56 Å². The van der Waals surface area contributed by atoms with Gasteiger partial charge in [0.2, 0.25) is 10.0 Å². The smallest absolute Gasteiger partial charge is 0.289 e. The highest BCUT2D eigenvalue weighted by Crippen LogP contribution is 2.30. The molecule has 0 amide bonds. The number of aryl methyl sites for hydroxylation is 1. The Morgan fingerprint density at radius 2 is 1.80 bits per heavy atom. The maximum atomic E-state index is 12.6. The van der Waals surface area contributed by atoms with Crippen LogP contribution in [0.2, 0.25) is 0 Å². The quantitative estimate of drug-likeness (QED) is 0.610. The fourth-order valence-corrected chi connectivity index (χ4v) is 4.06. The molecule has 20 heavy (non-hydrogen) atoms. The number of benzene rings is 1. The summed E-state index contributed by atoms with van der Waals surface area (Å²) < 4.78 is 26.6. The van der Waals surface area contributed by atoms with E-state index in [-0.39, 0.29) is 10.6 Å². The molecule has 2 rings (SSSR count). The molecule has 110 valence electrons. The van der Waals surface area contributed by atoms with Crippen LogP contribution >= 0.6 is 0 Å². The topological polar surface area (TPSA) is 83.8 Å². The summed E-state index contributed by atoms with van der Waals surface area (Å²) in [4.78, 5) is 12.3. The maximum Gasteiger partial charge on any atom is 0.289 e. The minimum Gasteiger partial charge on any atom is -0.304 e. The highest BCUT2D eigenvalue weighted by atomic mass is 32.2. The molecule has 0 aliphatic carbocycles. The Labute approximate surface area is 118 Å². The summed E-state index contributed by atoms with van der Waals surface area (Å²) >= 11 is 0. The van der Waals surface area contributed by atoms with E-state index in [1.807, 2.05) is 11.9 Å². The molecule has 1 aliphatic rings. The molecule has 0 atom stereocenters. The average Bonchev–Trinajstić information content (AvgIpc) is 2.38. The zero-order valence-corrected chi connectivity index (χ0v) is 12.3. The second kappa shape index (κ2) is 5.47. The number of piperazine rings is 1. The summed E-state index contributed by atoms with van der Waals surface area (Å²) in [5, 5.41) is 11.1. The first-order chi connectivity index (χ1) is 9.34. The molecule has 0 aromatic heterocycles. The van der Waals surface area contributed by atoms with Gasteiger partial charge in [0.15, 0.2) is 4.90 Å². The number of nitro benzene ring substituents is 1. The fraction of sp³-hybridized carbons (Fsp3) is 0.500. The Hall–Kier alpha value is -1.51. The minimum atomic E-state index is -3.83. The molecule has 8 heteroatoms. The predicted molar refractivity (Wildman–Crippen MR) is 74.1 cm³/mol. The van der Waals surface area contributed by atoms with Crippen molar-refractivity contribution in [3.63, 3.8) is 0 Å². The second-order valence-corrected chi connectivity index (χ2v) is 6.76. The molecule has 0 bridgehead atoms. The van der Waals surface area contributed by atoms with Crippen molar-refractivity contribution in [1.29, 1.82) is 0 Å². The number of hydrogen-bond donors (Lipinski definition) is 0. The third-order valence-electron chi connectivity index (χ3n) is 3.45. The zero-order valence-electron chi connectivity index (χ0n) is 11.4. The predicted octanol–water partition coefficient (Wildman–Crippen LogP) is 0.839. The highest BCUT2D eigenvalue weighted by Gasteiger charge is 2.34. The summed E-state index contributed by atoms with van der Waals surface area (Å²) in [6.07, 6.45) is 0. The third kappa shape index (κ3) is 2.67. The second-order valence-electron chi connectivity index (χ2n) is 4.89. The molecule has 1 heterocycles. The molecular formula is C12H17N3O4S. The molecule has 0 saturated carbocycles. The van der Waals surface area contributed by atoms with Gasteiger partial charge in [-0.25, -0.2) is 8.42 Å². The van der Waals surface area contributed by atoms with Crippen LogP contribution in [0.3, 0.4) is 0 Å². The standard InChI is InChI=1S/C12H17N3O4S/c1-10-4-3-5-11(15(16)17)12(10)20(18,19)14-8-6-13(2)7-9-14/h3-5H,6-9H2,1-2H3. The van der Waals surface area contributed by atoms with Gasteiger partial charge in [0, 0.05) is 32.2 Å². The van der Waals surface area contributed by atoms with Crippen molar-refractivity contribution in [2.75, 3.05) is 33.2 Å². The fourth-order valence-electron chi connectivity index (χ4n) is 2.27. The van der Waals surface area contributed by atoms with Crippen LogP contribution in [-0.2, 0) is 10.0 Å². The largest absolute Gasteiger partial charge is 0.304 e. The van der Waals surface area contributed by atoms with E-state index in [9.17, 15) is 18.5 Å². The normalized spacial score (nSPS) is 18.1. The van der Waals surface area contributed by atoms with Gasteiger partial charge in [0.1, 0.15) is 0 Å². The Balaban J connectivity index is 2.47. The Morgan fingerprint density at radius 3 is 2.35 bits per heavy atom. The Morgan fingerprint density at radius 1 is 1.20 bits per heavy atom. The first-order valence-corrected chi connectivity index (χ1v) is 7.70. The number of likely N-dealkylation sites (N-methyl/N-ethyl adjacent to an activating group) is 1.